The summed E-state index contributed by atoms with van der Waals surface area (Å²) in [5, 5.41) is 21.3. The van der Waals surface area contributed by atoms with Gasteiger partial charge in [-0.2, -0.15) is 0 Å². The average Bonchev–Trinajstić information content (AvgIpc) is 1.63. The Morgan fingerprint density at radius 2 is 0.637 bits per heavy atom. The molecule has 4 atom stereocenters. The normalized spacial score (nSPS) is 15.5. The number of carbonyl (C=O) groups excluding carboxylic acids is 8. The monoisotopic (exact) mass is 1740 g/mol. The fraction of sp³-hybridized carbons (Fsp3) is 0.500. The van der Waals surface area contributed by atoms with Gasteiger partial charge in [-0.15, -0.1) is 0 Å². The molecule has 0 saturated carbocycles. The molecule has 0 spiro atoms. The smallest absolute Gasteiger partial charge is 0.272 e. The van der Waals surface area contributed by atoms with Crippen molar-refractivity contribution in [2.75, 3.05) is 54.6 Å². The number of ether oxygens (including phenoxy) is 2. The van der Waals surface area contributed by atoms with Gasteiger partial charge in [0.15, 0.2) is 46.5 Å². The predicted molar refractivity (Wildman–Crippen MR) is 443 cm³/mol. The van der Waals surface area contributed by atoms with Crippen LogP contribution in [0.15, 0.2) is 60.7 Å². The van der Waals surface area contributed by atoms with Crippen molar-refractivity contribution in [3.8, 4) is 45.6 Å². The second kappa shape index (κ2) is 39.7. The first-order chi connectivity index (χ1) is 58.0. The van der Waals surface area contributed by atoms with E-state index in [0.717, 1.165) is 74.2 Å². The number of halogens is 10. The fourth-order valence-electron chi connectivity index (χ4n) is 14.8. The van der Waals surface area contributed by atoms with Crippen molar-refractivity contribution >= 4 is 47.3 Å². The minimum absolute atomic E-state index is 0.00528. The average molecular weight is 1740 g/mol. The van der Waals surface area contributed by atoms with Crippen LogP contribution >= 0.6 is 0 Å². The minimum Gasteiger partial charge on any atom is -0.379 e. The molecule has 0 aliphatic carbocycles. The molecule has 26 nitrogen and oxygen atoms in total. The Hall–Kier alpha value is -11.3. The standard InChI is InChI=1S/C24H32F2N4O2.C22H27F3N4O2.C21H25F3N4O3.C21H26F2N4O3/c1-23(2,3)19(22(32)27-6)29-21(31)18-17-9-10-24(4,5)11-12-30(17)20(28-18)14-7-8-15(25)16(26)13-14;1-22(2,3)18(21(31)26-4)28-20(30)17-16-8-6-5-7-9-29(16)19(27-17)12-10-14(24)15(25)11-13(12)23;1-21(2,3)17(20(30)25-4)27-19(29)16-15-5-7-31-8-6-28(15)18(26-16)11-9-13(23)14(24)10-12(11)22;1-21(2,3)17(20(29)24-4)26-19(28)16-15-7-9-30-10-8-27(15)18(25-16)12-5-6-13(22)14(23)11-12/h7-8,13,19H,9-12H2,1-6H3,(H,27,32)(H,29,31);10-11,18H,5-9H2,1-4H3,(H,26,31)(H,28,30);9-10,17H,5-8H2,1-4H3,(H,25,30)(H,27,29);5-6,11,17H,7-10H2,1-4H3,(H,24,29)(H,26,28)/t19-;18-;2*17-/m1111/s1. The third-order valence-corrected chi connectivity index (χ3v) is 21.8. The summed E-state index contributed by atoms with van der Waals surface area (Å²) in [7, 11) is 5.99. The number of likely N-dealkylation sites (N-methyl/N-ethyl adjacent to an activating group) is 4. The topological polar surface area (TPSA) is 323 Å². The summed E-state index contributed by atoms with van der Waals surface area (Å²) in [6, 6.07) is 6.32. The van der Waals surface area contributed by atoms with Gasteiger partial charge in [0, 0.05) is 90.5 Å². The maximum absolute atomic E-state index is 14.5. The van der Waals surface area contributed by atoms with E-state index in [-0.39, 0.29) is 87.7 Å². The van der Waals surface area contributed by atoms with E-state index in [1.165, 1.54) is 40.3 Å². The Morgan fingerprint density at radius 3 is 0.976 bits per heavy atom. The maximum Gasteiger partial charge on any atom is 0.272 e. The zero-order valence-electron chi connectivity index (χ0n) is 73.0. The van der Waals surface area contributed by atoms with E-state index in [9.17, 15) is 82.3 Å². The molecule has 4 aliphatic rings. The molecule has 36 heteroatoms. The van der Waals surface area contributed by atoms with Crippen LogP contribution in [0.4, 0.5) is 43.9 Å². The number of hydrogen-bond acceptors (Lipinski definition) is 14. The molecule has 0 radical (unpaired) electrons. The lowest BCUT2D eigenvalue weighted by atomic mass is 9.84. The van der Waals surface area contributed by atoms with E-state index < -0.39 is 128 Å². The lowest BCUT2D eigenvalue weighted by Crippen LogP contribution is -2.53. The van der Waals surface area contributed by atoms with E-state index in [1.54, 1.807) is 34.5 Å². The maximum atomic E-state index is 14.5. The van der Waals surface area contributed by atoms with Crippen molar-refractivity contribution in [1.82, 2.24) is 80.7 Å². The van der Waals surface area contributed by atoms with Gasteiger partial charge in [-0.1, -0.05) is 103 Å². The van der Waals surface area contributed by atoms with Crippen molar-refractivity contribution in [1.29, 1.82) is 0 Å². The number of aromatic nitrogens is 8. The minimum atomic E-state index is -1.32. The van der Waals surface area contributed by atoms with Gasteiger partial charge in [-0.3, -0.25) is 38.4 Å². The highest BCUT2D eigenvalue weighted by molar-refractivity contribution is 6.01. The van der Waals surface area contributed by atoms with Crippen molar-refractivity contribution < 1.29 is 91.7 Å². The molecule has 0 saturated heterocycles. The summed E-state index contributed by atoms with van der Waals surface area (Å²) in [5.74, 6) is -13.5. The molecule has 4 aromatic carbocycles. The summed E-state index contributed by atoms with van der Waals surface area (Å²) >= 11 is 0. The van der Waals surface area contributed by atoms with Crippen LogP contribution < -0.4 is 42.5 Å². The highest BCUT2D eigenvalue weighted by atomic mass is 19.2. The van der Waals surface area contributed by atoms with Crippen molar-refractivity contribution in [2.24, 2.45) is 27.1 Å². The number of carbonyl (C=O) groups is 8. The van der Waals surface area contributed by atoms with Crippen molar-refractivity contribution in [3.63, 3.8) is 0 Å². The number of hydrogen-bond donors (Lipinski definition) is 8. The van der Waals surface area contributed by atoms with Gasteiger partial charge in [0.25, 0.3) is 23.6 Å². The molecule has 124 heavy (non-hydrogen) atoms. The van der Waals surface area contributed by atoms with E-state index >= 15 is 0 Å². The van der Waals surface area contributed by atoms with Gasteiger partial charge in [0.1, 0.15) is 81.9 Å². The molecule has 672 valence electrons. The third-order valence-electron chi connectivity index (χ3n) is 21.8. The van der Waals surface area contributed by atoms with E-state index in [0.29, 0.717) is 117 Å². The number of rotatable bonds is 16. The SMILES string of the molecule is CNC(=O)[C@@H](NC(=O)c1nc(-c2cc(F)c(F)cc2F)n2c1CCCCC2)C(C)(C)C.CNC(=O)[C@@H](NC(=O)c1nc(-c2cc(F)c(F)cc2F)n2c1CCOCC2)C(C)(C)C.CNC(=O)[C@@H](NC(=O)c1nc(-c2ccc(F)c(F)c2)n2c1CCC(C)(C)CC2)C(C)(C)C.CNC(=O)[C@@H](NC(=O)c1nc(-c2ccc(F)c(F)c2)n2c1CCOCC2)C(C)(C)C. The van der Waals surface area contributed by atoms with Crippen LogP contribution in [-0.4, -0.2) is 164 Å². The lowest BCUT2D eigenvalue weighted by Gasteiger charge is -2.29. The van der Waals surface area contributed by atoms with Gasteiger partial charge in [0.05, 0.1) is 60.3 Å². The first kappa shape index (κ1) is 96.5. The Bertz CT molecular complexity index is 5160. The van der Waals surface area contributed by atoms with Gasteiger partial charge in [-0.25, -0.2) is 63.8 Å². The van der Waals surface area contributed by atoms with E-state index in [1.807, 2.05) is 66.9 Å². The summed E-state index contributed by atoms with van der Waals surface area (Å²) in [5.41, 5.74) is 1.03. The quantitative estimate of drug-likeness (QED) is 0.0329. The van der Waals surface area contributed by atoms with Crippen LogP contribution in [0.25, 0.3) is 45.6 Å². The summed E-state index contributed by atoms with van der Waals surface area (Å²) in [6.45, 7) is 29.5. The zero-order valence-corrected chi connectivity index (χ0v) is 73.0. The molecule has 4 aromatic heterocycles. The molecule has 0 bridgehead atoms. The van der Waals surface area contributed by atoms with Gasteiger partial charge >= 0.3 is 0 Å². The second-order valence-corrected chi connectivity index (χ2v) is 35.8. The van der Waals surface area contributed by atoms with Crippen LogP contribution in [0.3, 0.4) is 0 Å². The van der Waals surface area contributed by atoms with Gasteiger partial charge in [-0.05, 0) is 114 Å². The van der Waals surface area contributed by atoms with Gasteiger partial charge < -0.3 is 70.3 Å². The Labute approximate surface area is 713 Å². The molecular weight excluding hydrogens is 1630 g/mol. The summed E-state index contributed by atoms with van der Waals surface area (Å²) in [4.78, 5) is 120. The summed E-state index contributed by atoms with van der Waals surface area (Å²) in [6.07, 6.45) is 6.10. The molecule has 0 fully saturated rings. The molecule has 0 unspecified atom stereocenters. The largest absolute Gasteiger partial charge is 0.379 e. The predicted octanol–water partition coefficient (Wildman–Crippen LogP) is 12.4. The lowest BCUT2D eigenvalue weighted by molar-refractivity contribution is -0.125. The number of fused-ring (bicyclic) bond motifs is 4. The van der Waals surface area contributed by atoms with Crippen molar-refractivity contribution in [2.45, 2.75) is 205 Å². The Kier molecular flexibility index (Phi) is 30.9. The van der Waals surface area contributed by atoms with Crippen LogP contribution in [0.1, 0.15) is 194 Å². The molecule has 12 rings (SSSR count). The van der Waals surface area contributed by atoms with Crippen LogP contribution in [0, 0.1) is 85.2 Å². The molecule has 8 heterocycles. The molecular formula is C88H110F10N16O10. The van der Waals surface area contributed by atoms with Gasteiger partial charge in [0.2, 0.25) is 23.6 Å². The third kappa shape index (κ3) is 22.6. The molecule has 8 amide bonds. The fourth-order valence-corrected chi connectivity index (χ4v) is 14.8. The number of amides is 8. The first-order valence-corrected chi connectivity index (χ1v) is 40.9. The molecule has 4 aliphatic heterocycles. The molecule has 8 aromatic rings. The van der Waals surface area contributed by atoms with Crippen LogP contribution in [0.5, 0.6) is 0 Å². The number of nitrogens with one attached hydrogen (secondary N) is 8. The van der Waals surface area contributed by atoms with Crippen LogP contribution in [0.2, 0.25) is 0 Å². The summed E-state index contributed by atoms with van der Waals surface area (Å²) < 4.78 is 156. The first-order valence-electron chi connectivity index (χ1n) is 40.9. The van der Waals surface area contributed by atoms with Crippen LogP contribution in [-0.2, 0) is 80.5 Å². The highest BCUT2D eigenvalue weighted by Gasteiger charge is 2.41. The molecule has 8 N–H and O–H groups in total. The highest BCUT2D eigenvalue weighted by Crippen LogP contribution is 2.38. The van der Waals surface area contributed by atoms with E-state index in [2.05, 4.69) is 76.3 Å². The van der Waals surface area contributed by atoms with E-state index in [4.69, 9.17) is 9.47 Å². The van der Waals surface area contributed by atoms with Crippen molar-refractivity contribution in [3.05, 3.63) is 164 Å². The number of benzene rings is 4. The second-order valence-electron chi connectivity index (χ2n) is 35.8. The number of nitrogens with zero attached hydrogens (tertiary/aromatic N) is 8. The Balaban J connectivity index is 0.000000187. The number of imidazole rings is 4. The Morgan fingerprint density at radius 1 is 0.339 bits per heavy atom. The zero-order chi connectivity index (χ0) is 91.7.